The van der Waals surface area contributed by atoms with Gasteiger partial charge in [-0.15, -0.1) is 0 Å². The van der Waals surface area contributed by atoms with Crippen molar-refractivity contribution in [3.8, 4) is 11.3 Å². The first-order valence-corrected chi connectivity index (χ1v) is 9.12. The van der Waals surface area contributed by atoms with Crippen LogP contribution in [0.5, 0.6) is 0 Å². The molecule has 0 aliphatic rings. The Bertz CT molecular complexity index is 1490. The molecule has 0 bridgehead atoms. The van der Waals surface area contributed by atoms with Crippen molar-refractivity contribution in [3.63, 3.8) is 0 Å². The molecule has 0 spiro atoms. The fourth-order valence-electron chi connectivity index (χ4n) is 4.49. The average molecular weight is 349 g/mol. The molecule has 0 fully saturated rings. The van der Waals surface area contributed by atoms with Gasteiger partial charge < -0.3 is 4.42 Å². The number of aryl methyl sites for hydroxylation is 2. The van der Waals surface area contributed by atoms with Gasteiger partial charge in [0, 0.05) is 34.5 Å². The summed E-state index contributed by atoms with van der Waals surface area (Å²) in [5.74, 6) is 0. The predicted octanol–water partition coefficient (Wildman–Crippen LogP) is 5.53. The Labute approximate surface area is 155 Å². The minimum atomic E-state index is 0.851. The lowest BCUT2D eigenvalue weighted by Crippen LogP contribution is -2.30. The highest BCUT2D eigenvalue weighted by Crippen LogP contribution is 2.45. The van der Waals surface area contributed by atoms with Gasteiger partial charge in [0.1, 0.15) is 12.6 Å². The highest BCUT2D eigenvalue weighted by Gasteiger charge is 2.24. The third-order valence-corrected chi connectivity index (χ3v) is 5.67. The molecular weight excluding hydrogens is 332 g/mol. The molecule has 27 heavy (non-hydrogen) atoms. The van der Waals surface area contributed by atoms with E-state index in [1.165, 1.54) is 32.5 Å². The van der Waals surface area contributed by atoms with E-state index in [1.54, 1.807) is 0 Å². The number of fused-ring (bicyclic) bond motifs is 3. The normalized spacial score (nSPS) is 12.1. The summed E-state index contributed by atoms with van der Waals surface area (Å²) in [6.45, 7) is 2.17. The van der Waals surface area contributed by atoms with Gasteiger partial charge in [-0.3, -0.25) is 4.98 Å². The third kappa shape index (κ3) is 1.81. The number of furan rings is 1. The largest absolute Gasteiger partial charge is 0.453 e. The number of aromatic nitrogens is 2. The molecule has 0 saturated carbocycles. The number of nitrogens with zero attached hydrogens (tertiary/aromatic N) is 2. The fourth-order valence-corrected chi connectivity index (χ4v) is 4.49. The second kappa shape index (κ2) is 5.04. The van der Waals surface area contributed by atoms with Crippen molar-refractivity contribution in [2.75, 3.05) is 0 Å². The van der Waals surface area contributed by atoms with Crippen molar-refractivity contribution in [2.24, 2.45) is 7.05 Å². The Morgan fingerprint density at radius 2 is 1.63 bits per heavy atom. The highest BCUT2D eigenvalue weighted by molar-refractivity contribution is 6.34. The second-order valence-electron chi connectivity index (χ2n) is 7.22. The molecule has 3 aromatic carbocycles. The van der Waals surface area contributed by atoms with Gasteiger partial charge in [0.25, 0.3) is 0 Å². The highest BCUT2D eigenvalue weighted by atomic mass is 16.3. The molecule has 0 radical (unpaired) electrons. The van der Waals surface area contributed by atoms with Crippen LogP contribution in [0, 0.1) is 6.92 Å². The van der Waals surface area contributed by atoms with Crippen LogP contribution >= 0.6 is 0 Å². The maximum absolute atomic E-state index is 6.43. The van der Waals surface area contributed by atoms with Crippen molar-refractivity contribution >= 4 is 43.5 Å². The van der Waals surface area contributed by atoms with Crippen LogP contribution in [0.1, 0.15) is 5.56 Å². The van der Waals surface area contributed by atoms with Gasteiger partial charge in [0.15, 0.2) is 11.8 Å². The summed E-state index contributed by atoms with van der Waals surface area (Å²) in [6, 6.07) is 17.1. The first-order chi connectivity index (χ1) is 13.2. The quantitative estimate of drug-likeness (QED) is 0.289. The summed E-state index contributed by atoms with van der Waals surface area (Å²) in [7, 11) is 2.07. The van der Waals surface area contributed by atoms with Crippen LogP contribution in [0.15, 0.2) is 71.5 Å². The number of hydrogen-bond acceptors (Lipinski definition) is 2. The van der Waals surface area contributed by atoms with Crippen LogP contribution in [0.2, 0.25) is 0 Å². The number of rotatable bonds is 1. The van der Waals surface area contributed by atoms with E-state index in [1.807, 2.05) is 18.5 Å². The van der Waals surface area contributed by atoms with E-state index in [4.69, 9.17) is 4.42 Å². The molecule has 0 atom stereocenters. The lowest BCUT2D eigenvalue weighted by molar-refractivity contribution is -0.660. The third-order valence-electron chi connectivity index (χ3n) is 5.67. The molecule has 0 N–H and O–H groups in total. The van der Waals surface area contributed by atoms with E-state index in [2.05, 4.69) is 72.2 Å². The van der Waals surface area contributed by atoms with E-state index in [0.717, 1.165) is 27.8 Å². The number of benzene rings is 3. The van der Waals surface area contributed by atoms with Gasteiger partial charge in [0.05, 0.1) is 11.8 Å². The molecule has 0 amide bonds. The summed E-state index contributed by atoms with van der Waals surface area (Å²) < 4.78 is 8.58. The minimum Gasteiger partial charge on any atom is -0.453 e. The zero-order chi connectivity index (χ0) is 18.1. The van der Waals surface area contributed by atoms with E-state index in [-0.39, 0.29) is 0 Å². The van der Waals surface area contributed by atoms with Gasteiger partial charge >= 0.3 is 0 Å². The molecule has 0 aliphatic carbocycles. The van der Waals surface area contributed by atoms with Gasteiger partial charge in [-0.05, 0) is 40.8 Å². The number of hydrogen-bond donors (Lipinski definition) is 0. The number of pyridine rings is 2. The molecule has 0 saturated heterocycles. The van der Waals surface area contributed by atoms with Crippen LogP contribution in [0.4, 0.5) is 0 Å². The van der Waals surface area contributed by atoms with Crippen molar-refractivity contribution in [3.05, 3.63) is 72.7 Å². The first-order valence-electron chi connectivity index (χ1n) is 9.12. The van der Waals surface area contributed by atoms with Gasteiger partial charge in [-0.2, -0.15) is 0 Å². The van der Waals surface area contributed by atoms with E-state index >= 15 is 0 Å². The van der Waals surface area contributed by atoms with E-state index in [0.29, 0.717) is 0 Å². The summed E-state index contributed by atoms with van der Waals surface area (Å²) in [4.78, 5) is 4.45. The Hall–Kier alpha value is -3.46. The molecule has 3 heterocycles. The lowest BCUT2D eigenvalue weighted by atomic mass is 9.91. The minimum absolute atomic E-state index is 0.851. The summed E-state index contributed by atoms with van der Waals surface area (Å²) >= 11 is 0. The van der Waals surface area contributed by atoms with Crippen LogP contribution in [-0.4, -0.2) is 4.98 Å². The summed E-state index contributed by atoms with van der Waals surface area (Å²) in [6.07, 6.45) is 5.87. The van der Waals surface area contributed by atoms with Gasteiger partial charge in [-0.25, -0.2) is 4.57 Å². The Kier molecular flexibility index (Phi) is 2.74. The molecule has 3 aromatic heterocycles. The lowest BCUT2D eigenvalue weighted by Gasteiger charge is -2.11. The predicted molar refractivity (Wildman–Crippen MR) is 109 cm³/mol. The maximum Gasteiger partial charge on any atom is 0.216 e. The maximum atomic E-state index is 6.43. The molecular formula is C24H17N2O+. The van der Waals surface area contributed by atoms with Crippen molar-refractivity contribution < 1.29 is 8.98 Å². The van der Waals surface area contributed by atoms with E-state index < -0.39 is 0 Å². The fraction of sp³-hybridized carbons (Fsp3) is 0.0833. The van der Waals surface area contributed by atoms with Gasteiger partial charge in [-0.1, -0.05) is 24.3 Å². The average Bonchev–Trinajstić information content (AvgIpc) is 3.08. The van der Waals surface area contributed by atoms with Gasteiger partial charge in [0.2, 0.25) is 5.69 Å². The van der Waals surface area contributed by atoms with Crippen molar-refractivity contribution in [1.29, 1.82) is 0 Å². The van der Waals surface area contributed by atoms with Crippen LogP contribution in [0.3, 0.4) is 0 Å². The molecule has 0 aliphatic heterocycles. The molecule has 6 rings (SSSR count). The van der Waals surface area contributed by atoms with Crippen molar-refractivity contribution in [1.82, 2.24) is 4.98 Å². The smallest absolute Gasteiger partial charge is 0.216 e. The SMILES string of the molecule is Cc1cc2c3ccccc3c3cncc4oc(c1-c1cccc[n+]1C)c2c43. The molecule has 3 nitrogen and oxygen atoms in total. The molecule has 0 unspecified atom stereocenters. The molecule has 6 aromatic rings. The van der Waals surface area contributed by atoms with Crippen LogP contribution in [0.25, 0.3) is 54.7 Å². The van der Waals surface area contributed by atoms with Crippen LogP contribution in [-0.2, 0) is 7.05 Å². The summed E-state index contributed by atoms with van der Waals surface area (Å²) in [5, 5.41) is 7.25. The Balaban J connectivity index is 1.94. The van der Waals surface area contributed by atoms with Crippen molar-refractivity contribution in [2.45, 2.75) is 6.92 Å². The Morgan fingerprint density at radius 3 is 2.44 bits per heavy atom. The zero-order valence-electron chi connectivity index (χ0n) is 15.2. The summed E-state index contributed by atoms with van der Waals surface area (Å²) in [5.41, 5.74) is 5.31. The van der Waals surface area contributed by atoms with E-state index in [9.17, 15) is 0 Å². The zero-order valence-corrected chi connectivity index (χ0v) is 15.2. The first kappa shape index (κ1) is 14.7. The molecule has 3 heteroatoms. The standard InChI is InChI=1S/C24H17N2O/c1-14-11-17-15-7-3-4-8-16(15)18-12-25-13-20-22(18)23(17)24(27-20)21(14)19-9-5-6-10-26(19)2/h3-13H,1-2H3/q+1. The second-order valence-corrected chi connectivity index (χ2v) is 7.22. The molecule has 128 valence electrons. The topological polar surface area (TPSA) is 29.9 Å². The monoisotopic (exact) mass is 349 g/mol. The van der Waals surface area contributed by atoms with Crippen LogP contribution < -0.4 is 4.57 Å². The Morgan fingerprint density at radius 1 is 0.852 bits per heavy atom.